The number of amides is 1. The molecule has 29 heavy (non-hydrogen) atoms. The second-order valence-corrected chi connectivity index (χ2v) is 7.64. The Labute approximate surface area is 171 Å². The summed E-state index contributed by atoms with van der Waals surface area (Å²) in [6.07, 6.45) is 7.51. The smallest absolute Gasteiger partial charge is 0.241 e. The van der Waals surface area contributed by atoms with Crippen molar-refractivity contribution in [1.29, 1.82) is 0 Å². The number of methoxy groups -OCH3 is 1. The number of piperidine rings is 1. The number of likely N-dealkylation sites (tertiary alicyclic amines) is 2. The molecule has 0 N–H and O–H groups in total. The SMILES string of the molecule is COc1ccccc1Oc1nccnc1C1CCN(CC(=O)N2CCCC2)CC1. The van der Waals surface area contributed by atoms with E-state index in [9.17, 15) is 4.79 Å². The lowest BCUT2D eigenvalue weighted by molar-refractivity contribution is -0.131. The average molecular weight is 396 g/mol. The molecule has 2 aliphatic rings. The molecular weight excluding hydrogens is 368 g/mol. The molecular formula is C22H28N4O3. The van der Waals surface area contributed by atoms with E-state index in [1.54, 1.807) is 19.5 Å². The highest BCUT2D eigenvalue weighted by molar-refractivity contribution is 5.78. The van der Waals surface area contributed by atoms with Crippen molar-refractivity contribution < 1.29 is 14.3 Å². The molecule has 1 amide bonds. The van der Waals surface area contributed by atoms with Gasteiger partial charge in [-0.15, -0.1) is 0 Å². The zero-order chi connectivity index (χ0) is 20.1. The van der Waals surface area contributed by atoms with Crippen LogP contribution in [0.25, 0.3) is 0 Å². The molecule has 4 rings (SSSR count). The van der Waals surface area contributed by atoms with Crippen LogP contribution in [0.4, 0.5) is 0 Å². The minimum absolute atomic E-state index is 0.264. The molecule has 0 saturated carbocycles. The second kappa shape index (κ2) is 9.22. The lowest BCUT2D eigenvalue weighted by atomic mass is 9.93. The Kier molecular flexibility index (Phi) is 6.24. The topological polar surface area (TPSA) is 67.8 Å². The maximum atomic E-state index is 12.4. The fraction of sp³-hybridized carbons (Fsp3) is 0.500. The molecule has 0 bridgehead atoms. The monoisotopic (exact) mass is 396 g/mol. The van der Waals surface area contributed by atoms with Crippen molar-refractivity contribution in [2.75, 3.05) is 39.8 Å². The number of nitrogens with zero attached hydrogens (tertiary/aromatic N) is 4. The molecule has 1 aromatic carbocycles. The van der Waals surface area contributed by atoms with E-state index in [-0.39, 0.29) is 11.8 Å². The van der Waals surface area contributed by atoms with E-state index >= 15 is 0 Å². The summed E-state index contributed by atoms with van der Waals surface area (Å²) in [7, 11) is 1.62. The van der Waals surface area contributed by atoms with Crippen LogP contribution in [0.1, 0.15) is 37.3 Å². The molecule has 154 valence electrons. The number of ether oxygens (including phenoxy) is 2. The van der Waals surface area contributed by atoms with Crippen LogP contribution in [0.5, 0.6) is 17.4 Å². The van der Waals surface area contributed by atoms with Crippen LogP contribution < -0.4 is 9.47 Å². The van der Waals surface area contributed by atoms with E-state index < -0.39 is 0 Å². The molecule has 2 aromatic rings. The van der Waals surface area contributed by atoms with Crippen LogP contribution in [-0.4, -0.2) is 65.5 Å². The van der Waals surface area contributed by atoms with Gasteiger partial charge in [0.2, 0.25) is 11.8 Å². The van der Waals surface area contributed by atoms with E-state index in [1.165, 1.54) is 0 Å². The molecule has 0 spiro atoms. The summed E-state index contributed by atoms with van der Waals surface area (Å²) >= 11 is 0. The van der Waals surface area contributed by atoms with Crippen molar-refractivity contribution in [2.24, 2.45) is 0 Å². The Morgan fingerprint density at radius 2 is 1.72 bits per heavy atom. The van der Waals surface area contributed by atoms with Crippen molar-refractivity contribution in [2.45, 2.75) is 31.6 Å². The molecule has 0 unspecified atom stereocenters. The van der Waals surface area contributed by atoms with Crippen LogP contribution in [0.3, 0.4) is 0 Å². The van der Waals surface area contributed by atoms with E-state index in [0.717, 1.165) is 57.6 Å². The Morgan fingerprint density at radius 3 is 2.45 bits per heavy atom. The van der Waals surface area contributed by atoms with Crippen molar-refractivity contribution in [3.8, 4) is 17.4 Å². The Bertz CT molecular complexity index is 830. The van der Waals surface area contributed by atoms with Crippen LogP contribution >= 0.6 is 0 Å². The first-order chi connectivity index (χ1) is 14.2. The first-order valence-corrected chi connectivity index (χ1v) is 10.4. The maximum Gasteiger partial charge on any atom is 0.241 e. The molecule has 2 saturated heterocycles. The third-order valence-electron chi connectivity index (χ3n) is 5.76. The number of para-hydroxylation sites is 2. The highest BCUT2D eigenvalue weighted by Crippen LogP contribution is 2.36. The van der Waals surface area contributed by atoms with Crippen LogP contribution in [0, 0.1) is 0 Å². The number of rotatable bonds is 6. The van der Waals surface area contributed by atoms with Gasteiger partial charge in [0.25, 0.3) is 0 Å². The highest BCUT2D eigenvalue weighted by Gasteiger charge is 2.28. The number of hydrogen-bond acceptors (Lipinski definition) is 6. The Morgan fingerprint density at radius 1 is 1.03 bits per heavy atom. The third kappa shape index (κ3) is 4.67. The first-order valence-electron chi connectivity index (χ1n) is 10.4. The molecule has 7 heteroatoms. The minimum Gasteiger partial charge on any atom is -0.493 e. The number of hydrogen-bond donors (Lipinski definition) is 0. The average Bonchev–Trinajstić information content (AvgIpc) is 3.30. The standard InChI is InChI=1S/C22H28N4O3/c1-28-18-6-2-3-7-19(18)29-22-21(23-10-11-24-22)17-8-14-25(15-9-17)16-20(27)26-12-4-5-13-26/h2-3,6-7,10-11,17H,4-5,8-9,12-16H2,1H3. The normalized spacial score (nSPS) is 18.0. The van der Waals surface area contributed by atoms with Gasteiger partial charge in [0, 0.05) is 31.4 Å². The second-order valence-electron chi connectivity index (χ2n) is 7.64. The number of benzene rings is 1. The molecule has 0 aliphatic carbocycles. The predicted octanol–water partition coefficient (Wildman–Crippen LogP) is 3.08. The summed E-state index contributed by atoms with van der Waals surface area (Å²) in [5, 5.41) is 0. The quantitative estimate of drug-likeness (QED) is 0.748. The molecule has 0 radical (unpaired) electrons. The molecule has 2 fully saturated rings. The fourth-order valence-corrected chi connectivity index (χ4v) is 4.12. The van der Waals surface area contributed by atoms with Gasteiger partial charge < -0.3 is 14.4 Å². The van der Waals surface area contributed by atoms with Crippen LogP contribution in [-0.2, 0) is 4.79 Å². The van der Waals surface area contributed by atoms with E-state index in [4.69, 9.17) is 9.47 Å². The third-order valence-corrected chi connectivity index (χ3v) is 5.76. The summed E-state index contributed by atoms with van der Waals surface area (Å²) in [6.45, 7) is 4.12. The van der Waals surface area contributed by atoms with E-state index in [1.807, 2.05) is 29.2 Å². The number of aromatic nitrogens is 2. The van der Waals surface area contributed by atoms with Gasteiger partial charge in [-0.2, -0.15) is 0 Å². The summed E-state index contributed by atoms with van der Waals surface area (Å²) in [5.41, 5.74) is 0.879. The first kappa shape index (κ1) is 19.6. The summed E-state index contributed by atoms with van der Waals surface area (Å²) in [5.74, 6) is 2.36. The molecule has 1 aromatic heterocycles. The van der Waals surface area contributed by atoms with E-state index in [2.05, 4.69) is 14.9 Å². The lowest BCUT2D eigenvalue weighted by Gasteiger charge is -2.32. The Hall–Kier alpha value is -2.67. The molecule has 2 aliphatic heterocycles. The Balaban J connectivity index is 1.39. The van der Waals surface area contributed by atoms with Crippen molar-refractivity contribution in [1.82, 2.24) is 19.8 Å². The number of carbonyl (C=O) groups excluding carboxylic acids is 1. The van der Waals surface area contributed by atoms with Crippen LogP contribution in [0.15, 0.2) is 36.7 Å². The summed E-state index contributed by atoms with van der Waals surface area (Å²) in [6, 6.07) is 7.54. The molecule has 7 nitrogen and oxygen atoms in total. The van der Waals surface area contributed by atoms with Crippen molar-refractivity contribution >= 4 is 5.91 Å². The summed E-state index contributed by atoms with van der Waals surface area (Å²) < 4.78 is 11.5. The largest absolute Gasteiger partial charge is 0.493 e. The number of carbonyl (C=O) groups is 1. The van der Waals surface area contributed by atoms with Gasteiger partial charge in [0.1, 0.15) is 5.69 Å². The van der Waals surface area contributed by atoms with Gasteiger partial charge in [-0.05, 0) is 50.9 Å². The maximum absolute atomic E-state index is 12.4. The zero-order valence-electron chi connectivity index (χ0n) is 16.9. The fourth-order valence-electron chi connectivity index (χ4n) is 4.12. The van der Waals surface area contributed by atoms with E-state index in [0.29, 0.717) is 23.9 Å². The van der Waals surface area contributed by atoms with Gasteiger partial charge in [-0.25, -0.2) is 4.98 Å². The minimum atomic E-state index is 0.264. The molecule has 3 heterocycles. The summed E-state index contributed by atoms with van der Waals surface area (Å²) in [4.78, 5) is 25.7. The lowest BCUT2D eigenvalue weighted by Crippen LogP contribution is -2.42. The van der Waals surface area contributed by atoms with Gasteiger partial charge in [-0.1, -0.05) is 12.1 Å². The van der Waals surface area contributed by atoms with Crippen molar-refractivity contribution in [3.05, 3.63) is 42.4 Å². The van der Waals surface area contributed by atoms with Gasteiger partial charge in [-0.3, -0.25) is 14.7 Å². The molecule has 0 atom stereocenters. The van der Waals surface area contributed by atoms with Crippen molar-refractivity contribution in [3.63, 3.8) is 0 Å². The highest BCUT2D eigenvalue weighted by atomic mass is 16.5. The van der Waals surface area contributed by atoms with Gasteiger partial charge >= 0.3 is 0 Å². The van der Waals surface area contributed by atoms with Gasteiger partial charge in [0.05, 0.1) is 13.7 Å². The van der Waals surface area contributed by atoms with Crippen LogP contribution in [0.2, 0.25) is 0 Å². The predicted molar refractivity (Wildman–Crippen MR) is 109 cm³/mol. The zero-order valence-corrected chi connectivity index (χ0v) is 16.9. The van der Waals surface area contributed by atoms with Gasteiger partial charge in [0.15, 0.2) is 11.5 Å².